The van der Waals surface area contributed by atoms with Crippen LogP contribution in [-0.2, 0) is 4.79 Å². The van der Waals surface area contributed by atoms with Gasteiger partial charge in [-0.1, -0.05) is 68.1 Å². The number of hydrogen-bond donors (Lipinski definition) is 1. The second-order valence-electron chi connectivity index (χ2n) is 9.96. The fraction of sp³-hybridized carbons (Fsp3) is 0.233. The van der Waals surface area contributed by atoms with Crippen molar-refractivity contribution in [1.29, 1.82) is 0 Å². The van der Waals surface area contributed by atoms with Gasteiger partial charge in [0.15, 0.2) is 16.1 Å². The Bertz CT molecular complexity index is 1670. The van der Waals surface area contributed by atoms with Crippen molar-refractivity contribution in [3.8, 4) is 22.8 Å². The van der Waals surface area contributed by atoms with Gasteiger partial charge in [0.05, 0.1) is 23.7 Å². The summed E-state index contributed by atoms with van der Waals surface area (Å²) in [6.07, 6.45) is -4.76. The molecule has 0 aliphatic carbocycles. The summed E-state index contributed by atoms with van der Waals surface area (Å²) in [5.41, 5.74) is 3.27. The van der Waals surface area contributed by atoms with Gasteiger partial charge in [-0.25, -0.2) is 14.1 Å². The second-order valence-corrected chi connectivity index (χ2v) is 11.3. The van der Waals surface area contributed by atoms with E-state index in [1.165, 1.54) is 47.0 Å². The van der Waals surface area contributed by atoms with Gasteiger partial charge >= 0.3 is 6.36 Å². The van der Waals surface area contributed by atoms with Gasteiger partial charge in [0, 0.05) is 5.56 Å². The molecule has 228 valence electrons. The molecule has 1 saturated heterocycles. The largest absolute Gasteiger partial charge is 0.573 e. The number of anilines is 1. The first-order valence-electron chi connectivity index (χ1n) is 13.4. The number of halogens is 4. The summed E-state index contributed by atoms with van der Waals surface area (Å²) in [5.74, 6) is 0.347. The predicted octanol–water partition coefficient (Wildman–Crippen LogP) is 6.98. The molecule has 1 N–H and O–H groups in total. The van der Waals surface area contributed by atoms with Crippen LogP contribution < -0.4 is 15.0 Å². The summed E-state index contributed by atoms with van der Waals surface area (Å²) in [5, 5.41) is 7.71. The number of amidine groups is 1. The molecular formula is C30H26F4N6O2S2. The Morgan fingerprint density at radius 3 is 2.48 bits per heavy atom. The highest BCUT2D eigenvalue weighted by Gasteiger charge is 2.32. The SMILES string of the molecule is CC(C)c1ccccc1N1C(=O)CSC1=NC(=S)NCC(F)c1ccc(-c2ncn(-c3ccc(OC(F)(F)F)cc3)n2)cc1. The molecule has 44 heavy (non-hydrogen) atoms. The summed E-state index contributed by atoms with van der Waals surface area (Å²) in [6.45, 7) is 3.97. The monoisotopic (exact) mass is 642 g/mol. The molecule has 0 bridgehead atoms. The zero-order valence-electron chi connectivity index (χ0n) is 23.5. The number of ether oxygens (including phenoxy) is 1. The van der Waals surface area contributed by atoms with Crippen molar-refractivity contribution in [2.75, 3.05) is 17.2 Å². The predicted molar refractivity (Wildman–Crippen MR) is 166 cm³/mol. The third-order valence-corrected chi connectivity index (χ3v) is 7.71. The quantitative estimate of drug-likeness (QED) is 0.164. The van der Waals surface area contributed by atoms with E-state index in [0.717, 1.165) is 11.3 Å². The van der Waals surface area contributed by atoms with E-state index in [4.69, 9.17) is 12.2 Å². The lowest BCUT2D eigenvalue weighted by Gasteiger charge is -2.21. The van der Waals surface area contributed by atoms with Crippen molar-refractivity contribution in [3.05, 3.63) is 90.3 Å². The number of alkyl halides is 4. The molecule has 0 saturated carbocycles. The van der Waals surface area contributed by atoms with E-state index < -0.39 is 12.5 Å². The molecule has 1 aromatic heterocycles. The van der Waals surface area contributed by atoms with Crippen molar-refractivity contribution >= 4 is 45.9 Å². The number of para-hydroxylation sites is 1. The maximum absolute atomic E-state index is 15.1. The first kappa shape index (κ1) is 31.1. The van der Waals surface area contributed by atoms with Gasteiger partial charge in [-0.3, -0.25) is 9.69 Å². The number of benzene rings is 3. The highest BCUT2D eigenvalue weighted by Crippen LogP contribution is 2.33. The van der Waals surface area contributed by atoms with E-state index in [9.17, 15) is 18.0 Å². The van der Waals surface area contributed by atoms with E-state index in [1.54, 1.807) is 29.2 Å². The molecule has 1 fully saturated rings. The first-order chi connectivity index (χ1) is 21.0. The summed E-state index contributed by atoms with van der Waals surface area (Å²) in [4.78, 5) is 22.9. The van der Waals surface area contributed by atoms with Crippen LogP contribution >= 0.6 is 24.0 Å². The minimum atomic E-state index is -4.78. The van der Waals surface area contributed by atoms with E-state index in [2.05, 4.69) is 39.0 Å². The Balaban J connectivity index is 1.20. The highest BCUT2D eigenvalue weighted by atomic mass is 32.2. The number of hydrogen-bond acceptors (Lipinski definition) is 6. The van der Waals surface area contributed by atoms with Crippen LogP contribution in [0.1, 0.15) is 37.1 Å². The lowest BCUT2D eigenvalue weighted by Crippen LogP contribution is -2.32. The van der Waals surface area contributed by atoms with Gasteiger partial charge in [0.2, 0.25) is 5.91 Å². The fourth-order valence-corrected chi connectivity index (χ4v) is 5.54. The normalized spacial score (nSPS) is 15.2. The van der Waals surface area contributed by atoms with Crippen LogP contribution in [0.5, 0.6) is 5.75 Å². The molecule has 1 aliphatic rings. The number of rotatable bonds is 8. The van der Waals surface area contributed by atoms with Crippen LogP contribution in [0.25, 0.3) is 17.1 Å². The number of aliphatic imine (C=N–C) groups is 1. The lowest BCUT2D eigenvalue weighted by molar-refractivity contribution is -0.274. The number of nitrogens with zero attached hydrogens (tertiary/aromatic N) is 5. The van der Waals surface area contributed by atoms with Crippen LogP contribution in [-0.4, -0.2) is 49.6 Å². The van der Waals surface area contributed by atoms with E-state index in [-0.39, 0.29) is 35.0 Å². The van der Waals surface area contributed by atoms with Gasteiger partial charge in [0.25, 0.3) is 0 Å². The molecule has 1 unspecified atom stereocenters. The molecule has 4 aromatic rings. The summed E-state index contributed by atoms with van der Waals surface area (Å²) < 4.78 is 57.6. The second kappa shape index (κ2) is 13.1. The van der Waals surface area contributed by atoms with Crippen LogP contribution in [0.15, 0.2) is 84.1 Å². The first-order valence-corrected chi connectivity index (χ1v) is 14.8. The summed E-state index contributed by atoms with van der Waals surface area (Å²) >= 11 is 6.63. The van der Waals surface area contributed by atoms with Crippen molar-refractivity contribution in [2.24, 2.45) is 4.99 Å². The molecule has 1 aliphatic heterocycles. The third-order valence-electron chi connectivity index (χ3n) is 6.55. The average Bonchev–Trinajstić information content (AvgIpc) is 3.62. The Morgan fingerprint density at radius 2 is 1.80 bits per heavy atom. The Labute approximate surface area is 260 Å². The van der Waals surface area contributed by atoms with Crippen LogP contribution in [0.4, 0.5) is 23.2 Å². The highest BCUT2D eigenvalue weighted by molar-refractivity contribution is 8.15. The van der Waals surface area contributed by atoms with Gasteiger partial charge in [-0.15, -0.1) is 18.3 Å². The van der Waals surface area contributed by atoms with Gasteiger partial charge in [-0.05, 0) is 59.6 Å². The van der Waals surface area contributed by atoms with E-state index in [1.807, 2.05) is 24.3 Å². The maximum Gasteiger partial charge on any atom is 0.573 e. The zero-order valence-corrected chi connectivity index (χ0v) is 25.1. The Hall–Kier alpha value is -4.30. The molecule has 2 heterocycles. The molecule has 1 amide bonds. The van der Waals surface area contributed by atoms with Crippen LogP contribution in [0.3, 0.4) is 0 Å². The molecule has 0 radical (unpaired) electrons. The average molecular weight is 643 g/mol. The minimum absolute atomic E-state index is 0.0706. The molecule has 14 heteroatoms. The van der Waals surface area contributed by atoms with Gasteiger partial charge in [0.1, 0.15) is 18.2 Å². The molecule has 5 rings (SSSR count). The number of aromatic nitrogens is 3. The van der Waals surface area contributed by atoms with E-state index >= 15 is 4.39 Å². The molecule has 8 nitrogen and oxygen atoms in total. The number of amides is 1. The smallest absolute Gasteiger partial charge is 0.406 e. The van der Waals surface area contributed by atoms with Crippen molar-refractivity contribution < 1.29 is 27.1 Å². The molecule has 3 aromatic carbocycles. The summed E-state index contributed by atoms with van der Waals surface area (Å²) in [7, 11) is 0. The zero-order chi connectivity index (χ0) is 31.4. The van der Waals surface area contributed by atoms with Gasteiger partial charge in [-0.2, -0.15) is 4.99 Å². The van der Waals surface area contributed by atoms with Crippen LogP contribution in [0, 0.1) is 0 Å². The third kappa shape index (κ3) is 7.42. The standard InChI is InChI=1S/C30H26F4N6O2S2/c1-18(2)23-5-3-4-6-25(23)40-26(41)16-44-29(40)37-28(43)35-15-24(31)19-7-9-20(10-8-19)27-36-17-39(38-27)21-11-13-22(14-12-21)42-30(32,33)34/h3-14,17-18,24H,15-16H2,1-2H3,(H,35,43). The van der Waals surface area contributed by atoms with Crippen molar-refractivity contribution in [3.63, 3.8) is 0 Å². The number of carbonyl (C=O) groups is 1. The van der Waals surface area contributed by atoms with Crippen molar-refractivity contribution in [1.82, 2.24) is 20.1 Å². The topological polar surface area (TPSA) is 84.6 Å². The molecule has 1 atom stereocenters. The van der Waals surface area contributed by atoms with Gasteiger partial charge < -0.3 is 10.1 Å². The molecular weight excluding hydrogens is 616 g/mol. The number of nitrogens with one attached hydrogen (secondary N) is 1. The van der Waals surface area contributed by atoms with E-state index in [0.29, 0.717) is 27.8 Å². The lowest BCUT2D eigenvalue weighted by atomic mass is 10.0. The minimum Gasteiger partial charge on any atom is -0.406 e. The Morgan fingerprint density at radius 1 is 1.09 bits per heavy atom. The maximum atomic E-state index is 15.1. The van der Waals surface area contributed by atoms with Crippen LogP contribution in [0.2, 0.25) is 0 Å². The van der Waals surface area contributed by atoms with Crippen molar-refractivity contribution in [2.45, 2.75) is 32.3 Å². The number of carbonyl (C=O) groups excluding carboxylic acids is 1. The fourth-order valence-electron chi connectivity index (χ4n) is 4.44. The number of thiocarbonyl (C=S) groups is 1. The molecule has 0 spiro atoms. The summed E-state index contributed by atoms with van der Waals surface area (Å²) in [6, 6.07) is 19.4. The Kier molecular flexibility index (Phi) is 9.30. The number of thioether (sulfide) groups is 1.